The summed E-state index contributed by atoms with van der Waals surface area (Å²) < 4.78 is 1.42. The third-order valence-electron chi connectivity index (χ3n) is 4.41. The minimum absolute atomic E-state index is 0.0816. The van der Waals surface area contributed by atoms with Crippen LogP contribution in [0.25, 0.3) is 4.96 Å². The summed E-state index contributed by atoms with van der Waals surface area (Å²) in [6.07, 6.45) is 1.91. The summed E-state index contributed by atoms with van der Waals surface area (Å²) in [5.74, 6) is 0. The van der Waals surface area contributed by atoms with E-state index in [0.29, 0.717) is 17.5 Å². The molecule has 0 amide bonds. The summed E-state index contributed by atoms with van der Waals surface area (Å²) in [4.78, 5) is 21.5. The Bertz CT molecular complexity index is 910. The molecule has 0 aliphatic carbocycles. The summed E-state index contributed by atoms with van der Waals surface area (Å²) in [6, 6.07) is 4.22. The van der Waals surface area contributed by atoms with Crippen molar-refractivity contribution in [3.8, 4) is 0 Å². The molecule has 5 nitrogen and oxygen atoms in total. The van der Waals surface area contributed by atoms with Crippen LogP contribution in [0, 0.1) is 0 Å². The van der Waals surface area contributed by atoms with Crippen molar-refractivity contribution in [3.63, 3.8) is 0 Å². The minimum Gasteiger partial charge on any atom is -0.290 e. The molecule has 0 aromatic carbocycles. The molecule has 0 unspecified atom stereocenters. The number of hydrogen-bond donors (Lipinski definition) is 0. The van der Waals surface area contributed by atoms with Crippen LogP contribution >= 0.6 is 22.7 Å². The second kappa shape index (κ2) is 5.81. The average Bonchev–Trinajstić information content (AvgIpc) is 3.16. The van der Waals surface area contributed by atoms with Crippen molar-refractivity contribution >= 4 is 27.6 Å². The van der Waals surface area contributed by atoms with E-state index < -0.39 is 0 Å². The molecule has 0 saturated carbocycles. The van der Waals surface area contributed by atoms with Gasteiger partial charge in [-0.15, -0.1) is 11.3 Å². The standard InChI is InChI=1S/C16H18N4OS2/c1-3-14-18-20-15(21)8-11(17-16(20)23-14)9-19-6-4-13-12(10(19)2)5-7-22-13/h5,7-8,10H,3-4,6,9H2,1-2H3/t10-/m0/s1. The van der Waals surface area contributed by atoms with Gasteiger partial charge in [0.1, 0.15) is 5.01 Å². The Morgan fingerprint density at radius 3 is 3.13 bits per heavy atom. The van der Waals surface area contributed by atoms with Crippen LogP contribution in [0.4, 0.5) is 0 Å². The summed E-state index contributed by atoms with van der Waals surface area (Å²) in [5, 5.41) is 7.42. The summed E-state index contributed by atoms with van der Waals surface area (Å²) in [5.41, 5.74) is 2.18. The monoisotopic (exact) mass is 346 g/mol. The normalized spacial score (nSPS) is 18.4. The topological polar surface area (TPSA) is 50.5 Å². The number of hydrogen-bond acceptors (Lipinski definition) is 6. The van der Waals surface area contributed by atoms with E-state index in [1.807, 2.05) is 18.3 Å². The third-order valence-corrected chi connectivity index (χ3v) is 6.46. The van der Waals surface area contributed by atoms with E-state index in [-0.39, 0.29) is 5.56 Å². The second-order valence-corrected chi connectivity index (χ2v) is 7.87. The fourth-order valence-electron chi connectivity index (χ4n) is 3.11. The van der Waals surface area contributed by atoms with Gasteiger partial charge in [-0.2, -0.15) is 9.61 Å². The lowest BCUT2D eigenvalue weighted by Gasteiger charge is -2.33. The molecule has 4 rings (SSSR count). The van der Waals surface area contributed by atoms with Gasteiger partial charge in [0.05, 0.1) is 5.69 Å². The van der Waals surface area contributed by atoms with E-state index in [2.05, 4.69) is 33.4 Å². The van der Waals surface area contributed by atoms with E-state index in [4.69, 9.17) is 0 Å². The SMILES string of the molecule is CCc1nn2c(=O)cc(CN3CCc4sccc4[C@@H]3C)nc2s1. The first-order valence-corrected chi connectivity index (χ1v) is 9.54. The van der Waals surface area contributed by atoms with E-state index >= 15 is 0 Å². The lowest BCUT2D eigenvalue weighted by molar-refractivity contribution is 0.189. The highest BCUT2D eigenvalue weighted by Gasteiger charge is 2.25. The van der Waals surface area contributed by atoms with E-state index in [1.165, 1.54) is 26.3 Å². The molecule has 1 atom stereocenters. The Morgan fingerprint density at radius 1 is 1.43 bits per heavy atom. The Balaban J connectivity index is 1.64. The van der Waals surface area contributed by atoms with Gasteiger partial charge >= 0.3 is 0 Å². The van der Waals surface area contributed by atoms with Crippen molar-refractivity contribution in [1.29, 1.82) is 0 Å². The number of aromatic nitrogens is 3. The Morgan fingerprint density at radius 2 is 2.30 bits per heavy atom. The van der Waals surface area contributed by atoms with Gasteiger partial charge in [-0.05, 0) is 36.8 Å². The highest BCUT2D eigenvalue weighted by molar-refractivity contribution is 7.16. The van der Waals surface area contributed by atoms with Crippen molar-refractivity contribution in [2.75, 3.05) is 6.54 Å². The van der Waals surface area contributed by atoms with Crippen LogP contribution in [0.3, 0.4) is 0 Å². The van der Waals surface area contributed by atoms with Gasteiger partial charge < -0.3 is 0 Å². The van der Waals surface area contributed by atoms with Gasteiger partial charge in [-0.3, -0.25) is 9.69 Å². The van der Waals surface area contributed by atoms with Crippen LogP contribution in [0.2, 0.25) is 0 Å². The molecule has 3 aromatic heterocycles. The number of rotatable bonds is 3. The maximum Gasteiger partial charge on any atom is 0.275 e. The molecular formula is C16H18N4OS2. The number of thiophene rings is 1. The molecule has 0 spiro atoms. The first-order chi connectivity index (χ1) is 11.2. The molecule has 23 heavy (non-hydrogen) atoms. The molecule has 1 aliphatic rings. The van der Waals surface area contributed by atoms with E-state index in [9.17, 15) is 4.79 Å². The van der Waals surface area contributed by atoms with Crippen LogP contribution in [-0.4, -0.2) is 26.0 Å². The molecule has 0 bridgehead atoms. The van der Waals surface area contributed by atoms with Crippen molar-refractivity contribution < 1.29 is 0 Å². The van der Waals surface area contributed by atoms with Crippen LogP contribution in [0.15, 0.2) is 22.3 Å². The van der Waals surface area contributed by atoms with Crippen molar-refractivity contribution in [2.45, 2.75) is 39.3 Å². The first kappa shape index (κ1) is 15.0. The smallest absolute Gasteiger partial charge is 0.275 e. The molecule has 3 aromatic rings. The lowest BCUT2D eigenvalue weighted by Crippen LogP contribution is -2.33. The van der Waals surface area contributed by atoms with Gasteiger partial charge in [0, 0.05) is 30.1 Å². The molecule has 0 fully saturated rings. The number of fused-ring (bicyclic) bond motifs is 2. The van der Waals surface area contributed by atoms with Gasteiger partial charge in [0.25, 0.3) is 5.56 Å². The molecule has 120 valence electrons. The van der Waals surface area contributed by atoms with Gasteiger partial charge in [0.15, 0.2) is 0 Å². The van der Waals surface area contributed by atoms with Crippen LogP contribution < -0.4 is 5.56 Å². The van der Waals surface area contributed by atoms with Crippen LogP contribution in [-0.2, 0) is 19.4 Å². The molecule has 1 aliphatic heterocycles. The Labute approximate surface area is 142 Å². The molecule has 4 heterocycles. The zero-order valence-electron chi connectivity index (χ0n) is 13.2. The average molecular weight is 346 g/mol. The third kappa shape index (κ3) is 2.62. The quantitative estimate of drug-likeness (QED) is 0.732. The van der Waals surface area contributed by atoms with Crippen molar-refractivity contribution in [1.82, 2.24) is 19.5 Å². The van der Waals surface area contributed by atoms with Crippen LogP contribution in [0.1, 0.15) is 41.0 Å². The zero-order valence-corrected chi connectivity index (χ0v) is 14.8. The fourth-order valence-corrected chi connectivity index (χ4v) is 4.93. The maximum atomic E-state index is 12.3. The first-order valence-electron chi connectivity index (χ1n) is 7.84. The van der Waals surface area contributed by atoms with Crippen molar-refractivity contribution in [3.05, 3.63) is 49.0 Å². The van der Waals surface area contributed by atoms with E-state index in [0.717, 1.165) is 30.1 Å². The Hall–Kier alpha value is -1.57. The summed E-state index contributed by atoms with van der Waals surface area (Å²) in [6.45, 7) is 6.00. The lowest BCUT2D eigenvalue weighted by atomic mass is 10.0. The Kier molecular flexibility index (Phi) is 3.79. The molecule has 7 heteroatoms. The summed E-state index contributed by atoms with van der Waals surface area (Å²) in [7, 11) is 0. The van der Waals surface area contributed by atoms with Gasteiger partial charge in [0.2, 0.25) is 4.96 Å². The second-order valence-electron chi connectivity index (χ2n) is 5.83. The van der Waals surface area contributed by atoms with Gasteiger partial charge in [-0.25, -0.2) is 4.98 Å². The minimum atomic E-state index is -0.0816. The maximum absolute atomic E-state index is 12.3. The fraction of sp³-hybridized carbons (Fsp3) is 0.438. The molecule has 0 radical (unpaired) electrons. The number of aryl methyl sites for hydroxylation is 1. The zero-order chi connectivity index (χ0) is 16.0. The number of nitrogens with zero attached hydrogens (tertiary/aromatic N) is 4. The van der Waals surface area contributed by atoms with Crippen LogP contribution in [0.5, 0.6) is 0 Å². The van der Waals surface area contributed by atoms with Crippen molar-refractivity contribution in [2.24, 2.45) is 0 Å². The predicted octanol–water partition coefficient (Wildman–Crippen LogP) is 2.89. The highest BCUT2D eigenvalue weighted by Crippen LogP contribution is 2.33. The predicted molar refractivity (Wildman–Crippen MR) is 93.4 cm³/mol. The largest absolute Gasteiger partial charge is 0.290 e. The molecular weight excluding hydrogens is 328 g/mol. The molecule has 0 N–H and O–H groups in total. The van der Waals surface area contributed by atoms with Gasteiger partial charge in [-0.1, -0.05) is 18.3 Å². The highest BCUT2D eigenvalue weighted by atomic mass is 32.1. The summed E-state index contributed by atoms with van der Waals surface area (Å²) >= 11 is 3.35. The van der Waals surface area contributed by atoms with E-state index in [1.54, 1.807) is 6.07 Å². The molecule has 0 saturated heterocycles.